The van der Waals surface area contributed by atoms with Gasteiger partial charge in [-0.15, -0.1) is 0 Å². The van der Waals surface area contributed by atoms with Crippen LogP contribution in [-0.4, -0.2) is 23.6 Å². The Bertz CT molecular complexity index is 145. The molecule has 0 aliphatic heterocycles. The first-order valence-electron chi connectivity index (χ1n) is 2.77. The van der Waals surface area contributed by atoms with Gasteiger partial charge in [-0.25, -0.2) is 0 Å². The van der Waals surface area contributed by atoms with Gasteiger partial charge in [0.1, 0.15) is 0 Å². The van der Waals surface area contributed by atoms with Crippen LogP contribution in [0, 0.1) is 0 Å². The molecular formula is C5H6BrF3O2. The van der Waals surface area contributed by atoms with Gasteiger partial charge in [0.15, 0.2) is 0 Å². The fourth-order valence-electron chi connectivity index (χ4n) is 0.349. The van der Waals surface area contributed by atoms with Gasteiger partial charge in [0.25, 0.3) is 0 Å². The molecule has 1 atom stereocenters. The van der Waals surface area contributed by atoms with Crippen LogP contribution < -0.4 is 0 Å². The number of esters is 1. The lowest BCUT2D eigenvalue weighted by Gasteiger charge is -2.11. The molecule has 0 aliphatic carbocycles. The van der Waals surface area contributed by atoms with Crippen LogP contribution in [-0.2, 0) is 9.53 Å². The Labute approximate surface area is 69.8 Å². The fourth-order valence-corrected chi connectivity index (χ4v) is 0.481. The van der Waals surface area contributed by atoms with Crippen LogP contribution in [0.5, 0.6) is 0 Å². The molecule has 0 aromatic heterocycles. The predicted octanol–water partition coefficient (Wildman–Crippen LogP) is 1.88. The number of hydrogen-bond donors (Lipinski definition) is 0. The Hall–Kier alpha value is -0.260. The predicted molar refractivity (Wildman–Crippen MR) is 35.4 cm³/mol. The third-order valence-corrected chi connectivity index (χ3v) is 1.67. The van der Waals surface area contributed by atoms with Gasteiger partial charge in [0.05, 0.1) is 6.61 Å². The average Bonchev–Trinajstić information content (AvgIpc) is 1.85. The van der Waals surface area contributed by atoms with E-state index in [4.69, 9.17) is 0 Å². The molecule has 0 radical (unpaired) electrons. The largest absolute Gasteiger partial charge is 0.465 e. The van der Waals surface area contributed by atoms with E-state index in [1.807, 2.05) is 0 Å². The summed E-state index contributed by atoms with van der Waals surface area (Å²) in [6.07, 6.45) is -4.58. The third-order valence-electron chi connectivity index (χ3n) is 0.781. The van der Waals surface area contributed by atoms with Crippen LogP contribution in [0.25, 0.3) is 0 Å². The van der Waals surface area contributed by atoms with Gasteiger partial charge in [-0.1, -0.05) is 15.9 Å². The molecule has 6 heteroatoms. The molecule has 66 valence electrons. The van der Waals surface area contributed by atoms with E-state index in [1.165, 1.54) is 6.92 Å². The lowest BCUT2D eigenvalue weighted by atomic mass is 10.4. The van der Waals surface area contributed by atoms with E-state index in [0.717, 1.165) is 0 Å². The number of ether oxygens (including phenoxy) is 1. The van der Waals surface area contributed by atoms with Crippen molar-refractivity contribution in [1.82, 2.24) is 0 Å². The molecule has 0 aliphatic rings. The summed E-state index contributed by atoms with van der Waals surface area (Å²) in [6.45, 7) is 1.38. The molecule has 0 saturated carbocycles. The number of rotatable bonds is 2. The topological polar surface area (TPSA) is 26.3 Å². The van der Waals surface area contributed by atoms with Crippen LogP contribution in [0.1, 0.15) is 6.92 Å². The second kappa shape index (κ2) is 3.94. The maximum atomic E-state index is 11.7. The maximum Gasteiger partial charge on any atom is 0.411 e. The lowest BCUT2D eigenvalue weighted by Crippen LogP contribution is -2.32. The van der Waals surface area contributed by atoms with E-state index in [2.05, 4.69) is 20.7 Å². The number of carbonyl (C=O) groups is 1. The van der Waals surface area contributed by atoms with Crippen molar-refractivity contribution in [2.75, 3.05) is 6.61 Å². The Morgan fingerprint density at radius 3 is 2.36 bits per heavy atom. The molecule has 0 fully saturated rings. The molecule has 0 N–H and O–H groups in total. The SMILES string of the molecule is CCOC(=O)[C@H](Br)C(F)(F)F. The van der Waals surface area contributed by atoms with Gasteiger partial charge >= 0.3 is 12.1 Å². The highest BCUT2D eigenvalue weighted by molar-refractivity contribution is 9.10. The van der Waals surface area contributed by atoms with Crippen LogP contribution in [0.3, 0.4) is 0 Å². The van der Waals surface area contributed by atoms with Crippen molar-refractivity contribution >= 4 is 21.9 Å². The number of hydrogen-bond acceptors (Lipinski definition) is 2. The third kappa shape index (κ3) is 3.60. The van der Waals surface area contributed by atoms with Crippen LogP contribution >= 0.6 is 15.9 Å². The minimum Gasteiger partial charge on any atom is -0.465 e. The first-order chi connectivity index (χ1) is 4.89. The first-order valence-corrected chi connectivity index (χ1v) is 3.68. The highest BCUT2D eigenvalue weighted by Gasteiger charge is 2.44. The Morgan fingerprint density at radius 1 is 1.64 bits per heavy atom. The smallest absolute Gasteiger partial charge is 0.411 e. The molecule has 0 bridgehead atoms. The summed E-state index contributed by atoms with van der Waals surface area (Å²) < 4.78 is 39.1. The molecule has 0 rings (SSSR count). The zero-order valence-electron chi connectivity index (χ0n) is 5.61. The summed E-state index contributed by atoms with van der Waals surface area (Å²) in [5.74, 6) is -1.31. The van der Waals surface area contributed by atoms with E-state index in [9.17, 15) is 18.0 Å². The standard InChI is InChI=1S/C5H6BrF3O2/c1-2-11-4(10)3(6)5(7,8)9/h3H,2H2,1H3/t3-/m0/s1. The molecule has 0 amide bonds. The molecule has 0 heterocycles. The fraction of sp³-hybridized carbons (Fsp3) is 0.800. The highest BCUT2D eigenvalue weighted by atomic mass is 79.9. The number of alkyl halides is 4. The number of halogens is 4. The van der Waals surface area contributed by atoms with Gasteiger partial charge in [-0.05, 0) is 6.92 Å². The minimum absolute atomic E-state index is 0.0585. The molecular weight excluding hydrogens is 229 g/mol. The zero-order valence-corrected chi connectivity index (χ0v) is 7.20. The molecule has 0 spiro atoms. The maximum absolute atomic E-state index is 11.7. The van der Waals surface area contributed by atoms with E-state index < -0.39 is 17.0 Å². The second-order valence-corrected chi connectivity index (χ2v) is 2.57. The molecule has 11 heavy (non-hydrogen) atoms. The van der Waals surface area contributed by atoms with Crippen molar-refractivity contribution in [3.05, 3.63) is 0 Å². The monoisotopic (exact) mass is 234 g/mol. The van der Waals surface area contributed by atoms with Crippen molar-refractivity contribution in [1.29, 1.82) is 0 Å². The summed E-state index contributed by atoms with van der Waals surface area (Å²) in [5, 5.41) is 0. The molecule has 0 aromatic carbocycles. The number of carbonyl (C=O) groups excluding carboxylic acids is 1. The lowest BCUT2D eigenvalue weighted by molar-refractivity contribution is -0.166. The van der Waals surface area contributed by atoms with Crippen LogP contribution in [0.2, 0.25) is 0 Å². The van der Waals surface area contributed by atoms with E-state index in [1.54, 1.807) is 0 Å². The molecule has 0 saturated heterocycles. The molecule has 2 nitrogen and oxygen atoms in total. The quantitative estimate of drug-likeness (QED) is 0.539. The Balaban J connectivity index is 4.03. The normalized spacial score (nSPS) is 14.3. The molecule has 0 unspecified atom stereocenters. The Kier molecular flexibility index (Phi) is 3.85. The van der Waals surface area contributed by atoms with E-state index in [0.29, 0.717) is 0 Å². The van der Waals surface area contributed by atoms with E-state index >= 15 is 0 Å². The van der Waals surface area contributed by atoms with Crippen molar-refractivity contribution in [3.8, 4) is 0 Å². The van der Waals surface area contributed by atoms with Gasteiger partial charge in [-0.3, -0.25) is 4.79 Å². The van der Waals surface area contributed by atoms with Crippen molar-refractivity contribution in [2.24, 2.45) is 0 Å². The summed E-state index contributed by atoms with van der Waals surface area (Å²) in [6, 6.07) is 0. The summed E-state index contributed by atoms with van der Waals surface area (Å²) in [5.41, 5.74) is 0. The van der Waals surface area contributed by atoms with Crippen LogP contribution in [0.4, 0.5) is 13.2 Å². The summed E-state index contributed by atoms with van der Waals surface area (Å²) in [4.78, 5) is 8.19. The van der Waals surface area contributed by atoms with Gasteiger partial charge in [0, 0.05) is 0 Å². The van der Waals surface area contributed by atoms with Gasteiger partial charge in [0.2, 0.25) is 4.83 Å². The molecule has 0 aromatic rings. The van der Waals surface area contributed by atoms with Crippen molar-refractivity contribution < 1.29 is 22.7 Å². The van der Waals surface area contributed by atoms with Crippen molar-refractivity contribution in [2.45, 2.75) is 17.9 Å². The Morgan fingerprint density at radius 2 is 2.09 bits per heavy atom. The summed E-state index contributed by atoms with van der Waals surface area (Å²) in [7, 11) is 0. The summed E-state index contributed by atoms with van der Waals surface area (Å²) >= 11 is 2.17. The second-order valence-electron chi connectivity index (χ2n) is 1.66. The van der Waals surface area contributed by atoms with Crippen molar-refractivity contribution in [3.63, 3.8) is 0 Å². The average molecular weight is 235 g/mol. The highest BCUT2D eigenvalue weighted by Crippen LogP contribution is 2.27. The zero-order chi connectivity index (χ0) is 9.07. The van der Waals surface area contributed by atoms with Gasteiger partial charge < -0.3 is 4.74 Å². The minimum atomic E-state index is -4.58. The first kappa shape index (κ1) is 10.7. The van der Waals surface area contributed by atoms with E-state index in [-0.39, 0.29) is 6.61 Å². The van der Waals surface area contributed by atoms with Gasteiger partial charge in [-0.2, -0.15) is 13.2 Å². The van der Waals surface area contributed by atoms with Crippen LogP contribution in [0.15, 0.2) is 0 Å².